The summed E-state index contributed by atoms with van der Waals surface area (Å²) in [6.45, 7) is 2.45. The Kier molecular flexibility index (Phi) is 5.14. The van der Waals surface area contributed by atoms with Crippen molar-refractivity contribution in [1.82, 2.24) is 15.1 Å². The molecule has 3 amide bonds. The smallest absolute Gasteiger partial charge is 0.318 e. The topological polar surface area (TPSA) is 90.0 Å². The zero-order valence-corrected chi connectivity index (χ0v) is 11.5. The van der Waals surface area contributed by atoms with Gasteiger partial charge in [-0.3, -0.25) is 9.59 Å². The third-order valence-electron chi connectivity index (χ3n) is 3.28. The van der Waals surface area contributed by atoms with Gasteiger partial charge in [-0.2, -0.15) is 0 Å². The molecule has 0 aromatic heterocycles. The lowest BCUT2D eigenvalue weighted by Crippen LogP contribution is -2.51. The molecule has 1 unspecified atom stereocenters. The number of amides is 3. The van der Waals surface area contributed by atoms with Crippen LogP contribution in [0.3, 0.4) is 0 Å². The maximum atomic E-state index is 11.9. The Balaban J connectivity index is 2.43. The zero-order chi connectivity index (χ0) is 14.6. The normalized spacial score (nSPS) is 17.7. The highest BCUT2D eigenvalue weighted by Gasteiger charge is 2.28. The standard InChI is InChI=1S/C12H21N3O4/c1-8(10(16)14(2)3)13-12(19)15-6-4-9(5-7-15)11(17)18/h8-9H,4-7H2,1-3H3,(H,13,19)(H,17,18). The molecule has 1 rings (SSSR count). The summed E-state index contributed by atoms with van der Waals surface area (Å²) in [5.74, 6) is -1.35. The molecule has 0 saturated carbocycles. The Hall–Kier alpha value is -1.79. The Morgan fingerprint density at radius 3 is 2.21 bits per heavy atom. The summed E-state index contributed by atoms with van der Waals surface area (Å²) in [5, 5.41) is 11.5. The van der Waals surface area contributed by atoms with Gasteiger partial charge in [0.15, 0.2) is 0 Å². The molecule has 1 heterocycles. The second-order valence-electron chi connectivity index (χ2n) is 5.00. The average molecular weight is 271 g/mol. The number of piperidine rings is 1. The third kappa shape index (κ3) is 4.11. The van der Waals surface area contributed by atoms with Crippen molar-refractivity contribution in [2.75, 3.05) is 27.2 Å². The molecule has 2 N–H and O–H groups in total. The number of carboxylic acids is 1. The average Bonchev–Trinajstić information content (AvgIpc) is 2.37. The van der Waals surface area contributed by atoms with Crippen LogP contribution < -0.4 is 5.32 Å². The van der Waals surface area contributed by atoms with Crippen LogP contribution in [0.25, 0.3) is 0 Å². The van der Waals surface area contributed by atoms with Crippen LogP contribution in [0.15, 0.2) is 0 Å². The fraction of sp³-hybridized carbons (Fsp3) is 0.750. The number of likely N-dealkylation sites (N-methyl/N-ethyl adjacent to an activating group) is 1. The molecule has 0 aromatic carbocycles. The monoisotopic (exact) mass is 271 g/mol. The van der Waals surface area contributed by atoms with E-state index in [4.69, 9.17) is 5.11 Å². The van der Waals surface area contributed by atoms with Crippen LogP contribution in [0.1, 0.15) is 19.8 Å². The van der Waals surface area contributed by atoms with Gasteiger partial charge in [0.2, 0.25) is 5.91 Å². The number of likely N-dealkylation sites (tertiary alicyclic amines) is 1. The molecule has 0 aliphatic carbocycles. The van der Waals surface area contributed by atoms with E-state index in [0.29, 0.717) is 25.9 Å². The van der Waals surface area contributed by atoms with Gasteiger partial charge in [0.1, 0.15) is 6.04 Å². The maximum Gasteiger partial charge on any atom is 0.318 e. The van der Waals surface area contributed by atoms with Gasteiger partial charge in [-0.05, 0) is 19.8 Å². The molecule has 0 spiro atoms. The molecule has 1 fully saturated rings. The summed E-state index contributed by atoms with van der Waals surface area (Å²) in [4.78, 5) is 37.3. The molecule has 0 aromatic rings. The SMILES string of the molecule is CC(NC(=O)N1CCC(C(=O)O)CC1)C(=O)N(C)C. The molecule has 7 heteroatoms. The van der Waals surface area contributed by atoms with E-state index in [1.165, 1.54) is 4.90 Å². The van der Waals surface area contributed by atoms with Crippen molar-refractivity contribution in [3.8, 4) is 0 Å². The van der Waals surface area contributed by atoms with Crippen LogP contribution in [0.2, 0.25) is 0 Å². The second-order valence-corrected chi connectivity index (χ2v) is 5.00. The molecule has 1 saturated heterocycles. The molecular formula is C12H21N3O4. The fourth-order valence-electron chi connectivity index (χ4n) is 2.06. The van der Waals surface area contributed by atoms with Crippen LogP contribution in [0.5, 0.6) is 0 Å². The highest BCUT2D eigenvalue weighted by molar-refractivity contribution is 5.86. The Morgan fingerprint density at radius 2 is 1.79 bits per heavy atom. The zero-order valence-electron chi connectivity index (χ0n) is 11.5. The highest BCUT2D eigenvalue weighted by Crippen LogP contribution is 2.17. The van der Waals surface area contributed by atoms with Crippen molar-refractivity contribution in [3.05, 3.63) is 0 Å². The van der Waals surface area contributed by atoms with Crippen molar-refractivity contribution >= 4 is 17.9 Å². The summed E-state index contributed by atoms with van der Waals surface area (Å²) in [6.07, 6.45) is 0.914. The Labute approximate surface area is 112 Å². The number of rotatable bonds is 3. The summed E-state index contributed by atoms with van der Waals surface area (Å²) in [7, 11) is 3.26. The Morgan fingerprint density at radius 1 is 1.26 bits per heavy atom. The minimum atomic E-state index is -0.809. The lowest BCUT2D eigenvalue weighted by atomic mass is 9.97. The molecular weight excluding hydrogens is 250 g/mol. The van der Waals surface area contributed by atoms with E-state index < -0.39 is 12.0 Å². The van der Waals surface area contributed by atoms with E-state index in [0.717, 1.165) is 0 Å². The van der Waals surface area contributed by atoms with E-state index in [-0.39, 0.29) is 17.9 Å². The third-order valence-corrected chi connectivity index (χ3v) is 3.28. The van der Waals surface area contributed by atoms with Crippen LogP contribution in [0.4, 0.5) is 4.79 Å². The first-order valence-corrected chi connectivity index (χ1v) is 6.32. The number of urea groups is 1. The quantitative estimate of drug-likeness (QED) is 0.754. The summed E-state index contributed by atoms with van der Waals surface area (Å²) >= 11 is 0. The summed E-state index contributed by atoms with van der Waals surface area (Å²) in [5.41, 5.74) is 0. The van der Waals surface area contributed by atoms with Gasteiger partial charge in [-0.15, -0.1) is 0 Å². The number of carbonyl (C=O) groups is 3. The fourth-order valence-corrected chi connectivity index (χ4v) is 2.06. The lowest BCUT2D eigenvalue weighted by Gasteiger charge is -2.31. The number of hydrogen-bond donors (Lipinski definition) is 2. The van der Waals surface area contributed by atoms with Crippen molar-refractivity contribution in [2.24, 2.45) is 5.92 Å². The number of hydrogen-bond acceptors (Lipinski definition) is 3. The van der Waals surface area contributed by atoms with Gasteiger partial charge in [0.05, 0.1) is 5.92 Å². The van der Waals surface area contributed by atoms with Gasteiger partial charge >= 0.3 is 12.0 Å². The number of aliphatic carboxylic acids is 1. The minimum Gasteiger partial charge on any atom is -0.481 e. The molecule has 19 heavy (non-hydrogen) atoms. The van der Waals surface area contributed by atoms with Gasteiger partial charge in [0.25, 0.3) is 0 Å². The first-order valence-electron chi connectivity index (χ1n) is 6.32. The molecule has 0 radical (unpaired) electrons. The van der Waals surface area contributed by atoms with Gasteiger partial charge in [-0.1, -0.05) is 0 Å². The second kappa shape index (κ2) is 6.40. The highest BCUT2D eigenvalue weighted by atomic mass is 16.4. The van der Waals surface area contributed by atoms with E-state index in [1.807, 2.05) is 0 Å². The predicted octanol–water partition coefficient (Wildman–Crippen LogP) is -0.0307. The van der Waals surface area contributed by atoms with Gasteiger partial charge < -0.3 is 20.2 Å². The van der Waals surface area contributed by atoms with Gasteiger partial charge in [0, 0.05) is 27.2 Å². The molecule has 0 bridgehead atoms. The number of nitrogens with one attached hydrogen (secondary N) is 1. The lowest BCUT2D eigenvalue weighted by molar-refractivity contribution is -0.143. The van der Waals surface area contributed by atoms with Crippen LogP contribution in [-0.4, -0.2) is 66.0 Å². The van der Waals surface area contributed by atoms with Crippen LogP contribution in [-0.2, 0) is 9.59 Å². The van der Waals surface area contributed by atoms with Crippen molar-refractivity contribution in [1.29, 1.82) is 0 Å². The molecule has 1 atom stereocenters. The van der Waals surface area contributed by atoms with E-state index in [9.17, 15) is 14.4 Å². The number of nitrogens with zero attached hydrogens (tertiary/aromatic N) is 2. The summed E-state index contributed by atoms with van der Waals surface area (Å²) < 4.78 is 0. The largest absolute Gasteiger partial charge is 0.481 e. The van der Waals surface area contributed by atoms with Gasteiger partial charge in [-0.25, -0.2) is 4.79 Å². The molecule has 7 nitrogen and oxygen atoms in total. The van der Waals surface area contributed by atoms with Crippen LogP contribution >= 0.6 is 0 Å². The van der Waals surface area contributed by atoms with Crippen molar-refractivity contribution < 1.29 is 19.5 Å². The first-order chi connectivity index (χ1) is 8.82. The summed E-state index contributed by atoms with van der Waals surface area (Å²) in [6, 6.07) is -0.897. The van der Waals surface area contributed by atoms with Crippen molar-refractivity contribution in [3.63, 3.8) is 0 Å². The van der Waals surface area contributed by atoms with E-state index in [2.05, 4.69) is 5.32 Å². The van der Waals surface area contributed by atoms with Crippen molar-refractivity contribution in [2.45, 2.75) is 25.8 Å². The molecule has 108 valence electrons. The van der Waals surface area contributed by atoms with E-state index in [1.54, 1.807) is 25.9 Å². The minimum absolute atomic E-state index is 0.172. The van der Waals surface area contributed by atoms with Crippen LogP contribution in [0, 0.1) is 5.92 Å². The number of carbonyl (C=O) groups excluding carboxylic acids is 2. The Bertz CT molecular complexity index is 362. The van der Waals surface area contributed by atoms with E-state index >= 15 is 0 Å². The predicted molar refractivity (Wildman–Crippen MR) is 68.6 cm³/mol. The molecule has 1 aliphatic heterocycles. The number of carboxylic acid groups (broad SMARTS) is 1. The molecule has 1 aliphatic rings. The maximum absolute atomic E-state index is 11.9. The first kappa shape index (κ1) is 15.3.